The molecule has 0 aliphatic heterocycles. The third-order valence-electron chi connectivity index (χ3n) is 3.09. The molecule has 0 saturated heterocycles. The standard InChI is InChI=1S/C13H22N4O2/c1-8(17(2)3)19-7-6-9-10(13(16)18)4-5-11(14)12(9)15/h4-5,8H,6-7,14-15H2,1-3H3,(H2,16,18). The number of anilines is 2. The van der Waals surface area contributed by atoms with Crippen LogP contribution in [0.5, 0.6) is 0 Å². The van der Waals surface area contributed by atoms with Gasteiger partial charge in [0.1, 0.15) is 6.23 Å². The molecule has 0 saturated carbocycles. The Morgan fingerprint density at radius 3 is 2.53 bits per heavy atom. The van der Waals surface area contributed by atoms with E-state index in [2.05, 4.69) is 0 Å². The summed E-state index contributed by atoms with van der Waals surface area (Å²) in [5.74, 6) is -0.512. The normalized spacial score (nSPS) is 12.6. The molecule has 0 aromatic heterocycles. The number of benzene rings is 1. The van der Waals surface area contributed by atoms with Crippen LogP contribution < -0.4 is 17.2 Å². The van der Waals surface area contributed by atoms with Crippen LogP contribution >= 0.6 is 0 Å². The number of hydrogen-bond acceptors (Lipinski definition) is 5. The Hall–Kier alpha value is -1.79. The third kappa shape index (κ3) is 3.84. The Morgan fingerprint density at radius 2 is 2.00 bits per heavy atom. The highest BCUT2D eigenvalue weighted by Gasteiger charge is 2.14. The number of hydrogen-bond donors (Lipinski definition) is 3. The van der Waals surface area contributed by atoms with Gasteiger partial charge in [0.2, 0.25) is 5.91 Å². The SMILES string of the molecule is CC(OCCc1c(C(N)=O)ccc(N)c1N)N(C)C. The van der Waals surface area contributed by atoms with Gasteiger partial charge < -0.3 is 21.9 Å². The summed E-state index contributed by atoms with van der Waals surface area (Å²) in [5.41, 5.74) is 18.9. The highest BCUT2D eigenvalue weighted by molar-refractivity contribution is 5.97. The van der Waals surface area contributed by atoms with Crippen LogP contribution in [0.25, 0.3) is 0 Å². The summed E-state index contributed by atoms with van der Waals surface area (Å²) < 4.78 is 5.61. The highest BCUT2D eigenvalue weighted by Crippen LogP contribution is 2.24. The van der Waals surface area contributed by atoms with Crippen LogP contribution in [0.15, 0.2) is 12.1 Å². The average molecular weight is 266 g/mol. The summed E-state index contributed by atoms with van der Waals surface area (Å²) in [6.07, 6.45) is 0.479. The number of primary amides is 1. The van der Waals surface area contributed by atoms with E-state index in [1.807, 2.05) is 25.9 Å². The van der Waals surface area contributed by atoms with Crippen molar-refractivity contribution in [3.8, 4) is 0 Å². The molecule has 0 heterocycles. The van der Waals surface area contributed by atoms with Gasteiger partial charge in [0.25, 0.3) is 0 Å². The highest BCUT2D eigenvalue weighted by atomic mass is 16.5. The Kier molecular flexibility index (Phi) is 5.14. The molecule has 0 bridgehead atoms. The molecule has 0 spiro atoms. The summed E-state index contributed by atoms with van der Waals surface area (Å²) in [4.78, 5) is 13.3. The van der Waals surface area contributed by atoms with Gasteiger partial charge in [-0.2, -0.15) is 0 Å². The second kappa shape index (κ2) is 6.40. The monoisotopic (exact) mass is 266 g/mol. The zero-order valence-electron chi connectivity index (χ0n) is 11.6. The van der Waals surface area contributed by atoms with E-state index in [1.54, 1.807) is 12.1 Å². The van der Waals surface area contributed by atoms with Crippen molar-refractivity contribution >= 4 is 17.3 Å². The van der Waals surface area contributed by atoms with Gasteiger partial charge >= 0.3 is 0 Å². The lowest BCUT2D eigenvalue weighted by Gasteiger charge is -2.20. The molecule has 0 aliphatic carbocycles. The molecule has 1 amide bonds. The van der Waals surface area contributed by atoms with Crippen molar-refractivity contribution in [2.45, 2.75) is 19.6 Å². The Bertz CT molecular complexity index is 460. The third-order valence-corrected chi connectivity index (χ3v) is 3.09. The van der Waals surface area contributed by atoms with E-state index in [4.69, 9.17) is 21.9 Å². The van der Waals surface area contributed by atoms with Crippen LogP contribution in [0.4, 0.5) is 11.4 Å². The summed E-state index contributed by atoms with van der Waals surface area (Å²) in [6.45, 7) is 2.38. The van der Waals surface area contributed by atoms with Gasteiger partial charge in [-0.25, -0.2) is 0 Å². The number of amides is 1. The van der Waals surface area contributed by atoms with Gasteiger partial charge in [-0.05, 0) is 45.1 Å². The minimum absolute atomic E-state index is 0.0145. The molecule has 1 atom stereocenters. The number of carbonyl (C=O) groups excluding carboxylic acids is 1. The largest absolute Gasteiger partial charge is 0.397 e. The molecule has 0 aliphatic rings. The van der Waals surface area contributed by atoms with E-state index in [0.717, 1.165) is 0 Å². The zero-order chi connectivity index (χ0) is 14.6. The van der Waals surface area contributed by atoms with E-state index < -0.39 is 5.91 Å². The lowest BCUT2D eigenvalue weighted by Crippen LogP contribution is -2.28. The molecular weight excluding hydrogens is 244 g/mol. The van der Waals surface area contributed by atoms with Crippen LogP contribution in [-0.4, -0.2) is 37.7 Å². The number of carbonyl (C=O) groups is 1. The second-order valence-electron chi connectivity index (χ2n) is 4.64. The fourth-order valence-electron chi connectivity index (χ4n) is 1.66. The van der Waals surface area contributed by atoms with Gasteiger partial charge in [0.05, 0.1) is 18.0 Å². The molecule has 1 unspecified atom stereocenters. The lowest BCUT2D eigenvalue weighted by molar-refractivity contribution is -0.0211. The smallest absolute Gasteiger partial charge is 0.249 e. The van der Waals surface area contributed by atoms with Crippen LogP contribution in [-0.2, 0) is 11.2 Å². The molecular formula is C13H22N4O2. The van der Waals surface area contributed by atoms with Crippen LogP contribution in [0, 0.1) is 0 Å². The van der Waals surface area contributed by atoms with Crippen molar-refractivity contribution in [3.63, 3.8) is 0 Å². The van der Waals surface area contributed by atoms with Gasteiger partial charge in [-0.1, -0.05) is 0 Å². The molecule has 106 valence electrons. The van der Waals surface area contributed by atoms with Gasteiger partial charge in [-0.15, -0.1) is 0 Å². The van der Waals surface area contributed by atoms with E-state index in [1.165, 1.54) is 0 Å². The average Bonchev–Trinajstić information content (AvgIpc) is 2.33. The second-order valence-corrected chi connectivity index (χ2v) is 4.64. The molecule has 0 fully saturated rings. The summed E-state index contributed by atoms with van der Waals surface area (Å²) in [6, 6.07) is 3.18. The van der Waals surface area contributed by atoms with Crippen LogP contribution in [0.1, 0.15) is 22.8 Å². The van der Waals surface area contributed by atoms with Crippen molar-refractivity contribution in [1.82, 2.24) is 4.90 Å². The maximum Gasteiger partial charge on any atom is 0.249 e. The molecule has 6 heteroatoms. The molecule has 6 nitrogen and oxygen atoms in total. The summed E-state index contributed by atoms with van der Waals surface area (Å²) in [7, 11) is 3.85. The predicted molar refractivity (Wildman–Crippen MR) is 76.6 cm³/mol. The number of nitrogens with zero attached hydrogens (tertiary/aromatic N) is 1. The molecule has 1 aromatic carbocycles. The van der Waals surface area contributed by atoms with E-state index in [-0.39, 0.29) is 6.23 Å². The first kappa shape index (κ1) is 15.3. The van der Waals surface area contributed by atoms with Gasteiger partial charge in [0, 0.05) is 5.56 Å². The summed E-state index contributed by atoms with van der Waals surface area (Å²) >= 11 is 0. The van der Waals surface area contributed by atoms with Crippen molar-refractivity contribution < 1.29 is 9.53 Å². The molecule has 1 rings (SSSR count). The Morgan fingerprint density at radius 1 is 1.37 bits per heavy atom. The minimum atomic E-state index is -0.512. The van der Waals surface area contributed by atoms with E-state index in [9.17, 15) is 4.79 Å². The first-order chi connectivity index (χ1) is 8.84. The molecule has 0 radical (unpaired) electrons. The van der Waals surface area contributed by atoms with Gasteiger partial charge in [0.15, 0.2) is 0 Å². The maximum absolute atomic E-state index is 11.4. The number of rotatable bonds is 6. The number of ether oxygens (including phenoxy) is 1. The summed E-state index contributed by atoms with van der Waals surface area (Å²) in [5, 5.41) is 0. The lowest BCUT2D eigenvalue weighted by atomic mass is 10.0. The predicted octanol–water partition coefficient (Wildman–Crippen LogP) is 0.417. The Balaban J connectivity index is 2.82. The zero-order valence-corrected chi connectivity index (χ0v) is 11.6. The number of nitrogen functional groups attached to an aromatic ring is 2. The number of nitrogens with two attached hydrogens (primary N) is 3. The topological polar surface area (TPSA) is 108 Å². The van der Waals surface area contributed by atoms with E-state index >= 15 is 0 Å². The van der Waals surface area contributed by atoms with Crippen LogP contribution in [0.2, 0.25) is 0 Å². The first-order valence-electron chi connectivity index (χ1n) is 6.09. The van der Waals surface area contributed by atoms with Gasteiger partial charge in [-0.3, -0.25) is 9.69 Å². The fraction of sp³-hybridized carbons (Fsp3) is 0.462. The van der Waals surface area contributed by atoms with Crippen molar-refractivity contribution in [1.29, 1.82) is 0 Å². The van der Waals surface area contributed by atoms with E-state index in [0.29, 0.717) is 35.5 Å². The molecule has 6 N–H and O–H groups in total. The first-order valence-corrected chi connectivity index (χ1v) is 6.09. The van der Waals surface area contributed by atoms with Crippen LogP contribution in [0.3, 0.4) is 0 Å². The fourth-order valence-corrected chi connectivity index (χ4v) is 1.66. The van der Waals surface area contributed by atoms with Crippen molar-refractivity contribution in [2.75, 3.05) is 32.2 Å². The quantitative estimate of drug-likeness (QED) is 0.511. The molecule has 1 aromatic rings. The van der Waals surface area contributed by atoms with Crippen molar-refractivity contribution in [2.24, 2.45) is 5.73 Å². The van der Waals surface area contributed by atoms with Crippen molar-refractivity contribution in [3.05, 3.63) is 23.3 Å². The molecule has 19 heavy (non-hydrogen) atoms. The Labute approximate surface area is 113 Å². The minimum Gasteiger partial charge on any atom is -0.397 e. The maximum atomic E-state index is 11.4.